The van der Waals surface area contributed by atoms with Crippen LogP contribution in [0.3, 0.4) is 0 Å². The Morgan fingerprint density at radius 1 is 1.17 bits per heavy atom. The standard InChI is InChI=1S/C16H24F3NO3/c1-10(2)14(21)8-15(22)20-11(3)12-5-4-6-13(7-12)23-9-16(17,18)19/h4-7,10-11,14-15,20-22H,8-9H2,1-3H3/t11-,14+,15?/m0/s1. The van der Waals surface area contributed by atoms with Crippen LogP contribution in [-0.4, -0.2) is 35.3 Å². The molecule has 0 spiro atoms. The predicted molar refractivity (Wildman–Crippen MR) is 81.0 cm³/mol. The van der Waals surface area contributed by atoms with Crippen LogP contribution in [0.4, 0.5) is 13.2 Å². The molecule has 4 nitrogen and oxygen atoms in total. The summed E-state index contributed by atoms with van der Waals surface area (Å²) in [6, 6.07) is 5.95. The van der Waals surface area contributed by atoms with E-state index >= 15 is 0 Å². The van der Waals surface area contributed by atoms with Crippen molar-refractivity contribution in [3.05, 3.63) is 29.8 Å². The molecular weight excluding hydrogens is 311 g/mol. The minimum atomic E-state index is -4.39. The Morgan fingerprint density at radius 2 is 1.83 bits per heavy atom. The van der Waals surface area contributed by atoms with Crippen LogP contribution in [0.2, 0.25) is 0 Å². The second-order valence-corrected chi connectivity index (χ2v) is 5.93. The largest absolute Gasteiger partial charge is 0.484 e. The van der Waals surface area contributed by atoms with Gasteiger partial charge in [-0.3, -0.25) is 5.32 Å². The number of hydrogen-bond donors (Lipinski definition) is 3. The van der Waals surface area contributed by atoms with Crippen LogP contribution in [-0.2, 0) is 0 Å². The van der Waals surface area contributed by atoms with Crippen LogP contribution in [0.1, 0.15) is 38.8 Å². The summed E-state index contributed by atoms with van der Waals surface area (Å²) >= 11 is 0. The third-order valence-corrected chi connectivity index (χ3v) is 3.44. The first-order chi connectivity index (χ1) is 10.6. The van der Waals surface area contributed by atoms with Gasteiger partial charge in [-0.05, 0) is 30.5 Å². The number of alkyl halides is 3. The van der Waals surface area contributed by atoms with Crippen molar-refractivity contribution in [3.8, 4) is 5.75 Å². The van der Waals surface area contributed by atoms with E-state index in [1.54, 1.807) is 19.1 Å². The average molecular weight is 335 g/mol. The summed E-state index contributed by atoms with van der Waals surface area (Å²) in [5, 5.41) is 22.6. The summed E-state index contributed by atoms with van der Waals surface area (Å²) in [6.45, 7) is 4.12. The fraction of sp³-hybridized carbons (Fsp3) is 0.625. The number of halogens is 3. The molecule has 3 atom stereocenters. The number of aliphatic hydroxyl groups is 2. The van der Waals surface area contributed by atoms with Gasteiger partial charge in [-0.25, -0.2) is 0 Å². The fourth-order valence-electron chi connectivity index (χ4n) is 1.99. The topological polar surface area (TPSA) is 61.7 Å². The zero-order chi connectivity index (χ0) is 17.6. The van der Waals surface area contributed by atoms with Gasteiger partial charge >= 0.3 is 6.18 Å². The molecular formula is C16H24F3NO3. The van der Waals surface area contributed by atoms with E-state index in [0.29, 0.717) is 5.56 Å². The highest BCUT2D eigenvalue weighted by atomic mass is 19.4. The number of aliphatic hydroxyl groups excluding tert-OH is 2. The lowest BCUT2D eigenvalue weighted by molar-refractivity contribution is -0.153. The van der Waals surface area contributed by atoms with Crippen LogP contribution in [0.25, 0.3) is 0 Å². The van der Waals surface area contributed by atoms with Crippen LogP contribution < -0.4 is 10.1 Å². The van der Waals surface area contributed by atoms with Crippen molar-refractivity contribution in [2.45, 2.75) is 51.7 Å². The highest BCUT2D eigenvalue weighted by molar-refractivity contribution is 5.30. The van der Waals surface area contributed by atoms with Gasteiger partial charge in [-0.2, -0.15) is 13.2 Å². The van der Waals surface area contributed by atoms with E-state index in [2.05, 4.69) is 5.32 Å². The van der Waals surface area contributed by atoms with Crippen LogP contribution in [0.15, 0.2) is 24.3 Å². The van der Waals surface area contributed by atoms with Gasteiger partial charge in [-0.15, -0.1) is 0 Å². The smallest absolute Gasteiger partial charge is 0.422 e. The molecule has 7 heteroatoms. The molecule has 0 aliphatic rings. The highest BCUT2D eigenvalue weighted by Gasteiger charge is 2.28. The first kappa shape index (κ1) is 19.7. The molecule has 1 rings (SSSR count). The summed E-state index contributed by atoms with van der Waals surface area (Å²) in [5.74, 6) is 0.144. The molecule has 0 radical (unpaired) electrons. The third-order valence-electron chi connectivity index (χ3n) is 3.44. The quantitative estimate of drug-likeness (QED) is 0.639. The van der Waals surface area contributed by atoms with Crippen molar-refractivity contribution in [1.29, 1.82) is 0 Å². The van der Waals surface area contributed by atoms with Crippen LogP contribution in [0.5, 0.6) is 5.75 Å². The number of rotatable bonds is 8. The third kappa shape index (κ3) is 7.67. The molecule has 0 saturated carbocycles. The fourth-order valence-corrected chi connectivity index (χ4v) is 1.99. The van der Waals surface area contributed by atoms with Crippen molar-refractivity contribution in [3.63, 3.8) is 0 Å². The van der Waals surface area contributed by atoms with Gasteiger partial charge in [0.15, 0.2) is 6.61 Å². The lowest BCUT2D eigenvalue weighted by Gasteiger charge is -2.23. The van der Waals surface area contributed by atoms with E-state index in [1.807, 2.05) is 13.8 Å². The Kier molecular flexibility index (Phi) is 7.31. The zero-order valence-electron chi connectivity index (χ0n) is 13.5. The molecule has 0 aromatic heterocycles. The summed E-state index contributed by atoms with van der Waals surface area (Å²) in [5.41, 5.74) is 0.683. The Bertz CT molecular complexity index is 480. The summed E-state index contributed by atoms with van der Waals surface area (Å²) in [4.78, 5) is 0. The minimum absolute atomic E-state index is 0.0286. The molecule has 0 amide bonds. The molecule has 23 heavy (non-hydrogen) atoms. The van der Waals surface area contributed by atoms with Crippen molar-refractivity contribution in [2.75, 3.05) is 6.61 Å². The second-order valence-electron chi connectivity index (χ2n) is 5.93. The molecule has 0 aliphatic carbocycles. The maximum atomic E-state index is 12.2. The van der Waals surface area contributed by atoms with Crippen molar-refractivity contribution in [1.82, 2.24) is 5.32 Å². The van der Waals surface area contributed by atoms with E-state index in [-0.39, 0.29) is 24.1 Å². The summed E-state index contributed by atoms with van der Waals surface area (Å²) in [6.07, 6.45) is -5.76. The maximum absolute atomic E-state index is 12.2. The van der Waals surface area contributed by atoms with E-state index in [4.69, 9.17) is 4.74 Å². The monoisotopic (exact) mass is 335 g/mol. The SMILES string of the molecule is CC(C)[C@H](O)CC(O)N[C@@H](C)c1cccc(OCC(F)(F)F)c1. The molecule has 1 aromatic carbocycles. The van der Waals surface area contributed by atoms with Crippen molar-refractivity contribution < 1.29 is 28.1 Å². The van der Waals surface area contributed by atoms with Gasteiger partial charge in [0.05, 0.1) is 6.10 Å². The number of hydrogen-bond acceptors (Lipinski definition) is 4. The molecule has 1 unspecified atom stereocenters. The zero-order valence-corrected chi connectivity index (χ0v) is 13.5. The number of nitrogens with one attached hydrogen (secondary N) is 1. The van der Waals surface area contributed by atoms with E-state index in [1.165, 1.54) is 12.1 Å². The molecule has 0 heterocycles. The van der Waals surface area contributed by atoms with Gasteiger partial charge < -0.3 is 14.9 Å². The lowest BCUT2D eigenvalue weighted by atomic mass is 10.0. The Morgan fingerprint density at radius 3 is 2.39 bits per heavy atom. The molecule has 0 bridgehead atoms. The first-order valence-electron chi connectivity index (χ1n) is 7.50. The molecule has 0 aliphatic heterocycles. The van der Waals surface area contributed by atoms with Crippen LogP contribution in [0, 0.1) is 5.92 Å². The number of benzene rings is 1. The van der Waals surface area contributed by atoms with E-state index in [9.17, 15) is 23.4 Å². The molecule has 3 N–H and O–H groups in total. The minimum Gasteiger partial charge on any atom is -0.484 e. The van der Waals surface area contributed by atoms with Crippen LogP contribution >= 0.6 is 0 Å². The Balaban J connectivity index is 2.60. The molecule has 132 valence electrons. The second kappa shape index (κ2) is 8.52. The molecule has 0 fully saturated rings. The molecule has 0 saturated heterocycles. The van der Waals surface area contributed by atoms with E-state index < -0.39 is 25.1 Å². The summed E-state index contributed by atoms with van der Waals surface area (Å²) in [7, 11) is 0. The Labute approximate surface area is 134 Å². The van der Waals surface area contributed by atoms with Gasteiger partial charge in [0.2, 0.25) is 0 Å². The average Bonchev–Trinajstić information content (AvgIpc) is 2.44. The lowest BCUT2D eigenvalue weighted by Crippen LogP contribution is -2.35. The van der Waals surface area contributed by atoms with Gasteiger partial charge in [-0.1, -0.05) is 26.0 Å². The number of ether oxygens (including phenoxy) is 1. The van der Waals surface area contributed by atoms with Crippen molar-refractivity contribution in [2.24, 2.45) is 5.92 Å². The first-order valence-corrected chi connectivity index (χ1v) is 7.50. The van der Waals surface area contributed by atoms with E-state index in [0.717, 1.165) is 0 Å². The Hall–Kier alpha value is -1.31. The maximum Gasteiger partial charge on any atom is 0.422 e. The van der Waals surface area contributed by atoms with Gasteiger partial charge in [0.1, 0.15) is 12.0 Å². The van der Waals surface area contributed by atoms with Crippen molar-refractivity contribution >= 4 is 0 Å². The van der Waals surface area contributed by atoms with Gasteiger partial charge in [0, 0.05) is 12.5 Å². The predicted octanol–water partition coefficient (Wildman–Crippen LogP) is 3.00. The van der Waals surface area contributed by atoms with Gasteiger partial charge in [0.25, 0.3) is 0 Å². The highest BCUT2D eigenvalue weighted by Crippen LogP contribution is 2.22. The normalized spacial score (nSPS) is 16.2. The summed E-state index contributed by atoms with van der Waals surface area (Å²) < 4.78 is 41.2. The molecule has 1 aromatic rings.